The molecule has 0 saturated carbocycles. The number of rotatable bonds is 4. The molecule has 1 atom stereocenters. The molecule has 2 rings (SSSR count). The number of carboxylic acids is 1. The summed E-state index contributed by atoms with van der Waals surface area (Å²) in [7, 11) is 0. The number of carbonyl (C=O) groups excluding carboxylic acids is 1. The van der Waals surface area contributed by atoms with Gasteiger partial charge in [0.2, 0.25) is 0 Å². The molecule has 1 N–H and O–H groups in total. The number of carbonyl (C=O) groups is 2. The van der Waals surface area contributed by atoms with Crippen LogP contribution >= 0.6 is 11.6 Å². The Kier molecular flexibility index (Phi) is 5.07. The van der Waals surface area contributed by atoms with Crippen molar-refractivity contribution in [2.45, 2.75) is 19.8 Å². The van der Waals surface area contributed by atoms with Crippen molar-refractivity contribution in [2.24, 2.45) is 5.92 Å². The molecule has 5 nitrogen and oxygen atoms in total. The summed E-state index contributed by atoms with van der Waals surface area (Å²) in [5.74, 6) is -0.600. The summed E-state index contributed by atoms with van der Waals surface area (Å²) in [5, 5.41) is 9.42. The van der Waals surface area contributed by atoms with Gasteiger partial charge < -0.3 is 14.7 Å². The highest BCUT2D eigenvalue weighted by Crippen LogP contribution is 2.23. The molecule has 0 aliphatic carbocycles. The molecule has 0 bridgehead atoms. The Morgan fingerprint density at radius 3 is 2.90 bits per heavy atom. The molecule has 0 unspecified atom stereocenters. The fourth-order valence-corrected chi connectivity index (χ4v) is 2.61. The second-order valence-electron chi connectivity index (χ2n) is 5.32. The topological polar surface area (TPSA) is 66.8 Å². The predicted molar refractivity (Wildman–Crippen MR) is 78.9 cm³/mol. The molecule has 6 heteroatoms. The molecule has 1 amide bonds. The van der Waals surface area contributed by atoms with Crippen LogP contribution in [0.3, 0.4) is 0 Å². The van der Waals surface area contributed by atoms with Gasteiger partial charge in [0.1, 0.15) is 11.3 Å². The fourth-order valence-electron chi connectivity index (χ4n) is 2.44. The third-order valence-electron chi connectivity index (χ3n) is 3.53. The third kappa shape index (κ3) is 4.11. The van der Waals surface area contributed by atoms with Gasteiger partial charge in [-0.25, -0.2) is 4.79 Å². The molecule has 0 radical (unpaired) electrons. The summed E-state index contributed by atoms with van der Waals surface area (Å²) in [5.41, 5.74) is -0.0395. The van der Waals surface area contributed by atoms with Gasteiger partial charge in [0.05, 0.1) is 0 Å². The number of likely N-dealkylation sites (tertiary alicyclic amines) is 1. The van der Waals surface area contributed by atoms with E-state index in [1.807, 2.05) is 0 Å². The molecular weight excluding hydrogens is 294 g/mol. The minimum atomic E-state index is -1.13. The van der Waals surface area contributed by atoms with Crippen molar-refractivity contribution in [3.8, 4) is 5.75 Å². The first kappa shape index (κ1) is 15.6. The van der Waals surface area contributed by atoms with Gasteiger partial charge in [0.15, 0.2) is 6.61 Å². The van der Waals surface area contributed by atoms with Crippen LogP contribution < -0.4 is 4.74 Å². The van der Waals surface area contributed by atoms with Crippen molar-refractivity contribution >= 4 is 23.5 Å². The molecule has 114 valence electrons. The summed E-state index contributed by atoms with van der Waals surface area (Å²) in [6, 6.07) is 4.32. The van der Waals surface area contributed by atoms with E-state index in [1.165, 1.54) is 18.2 Å². The number of hydrogen-bond donors (Lipinski definition) is 1. The number of hydrogen-bond acceptors (Lipinski definition) is 3. The van der Waals surface area contributed by atoms with Gasteiger partial charge in [-0.15, -0.1) is 0 Å². The molecular formula is C15H18ClNO4. The third-order valence-corrected chi connectivity index (χ3v) is 3.77. The maximum Gasteiger partial charge on any atom is 0.339 e. The number of halogens is 1. The molecule has 1 aliphatic heterocycles. The highest BCUT2D eigenvalue weighted by Gasteiger charge is 2.22. The summed E-state index contributed by atoms with van der Waals surface area (Å²) < 4.78 is 5.37. The zero-order valence-electron chi connectivity index (χ0n) is 11.8. The Hall–Kier alpha value is -1.75. The van der Waals surface area contributed by atoms with Crippen LogP contribution in [-0.2, 0) is 4.79 Å². The van der Waals surface area contributed by atoms with E-state index in [2.05, 4.69) is 6.92 Å². The Bertz CT molecular complexity index is 546. The highest BCUT2D eigenvalue weighted by atomic mass is 35.5. The second kappa shape index (κ2) is 6.80. The number of benzene rings is 1. The standard InChI is InChI=1S/C15H18ClNO4/c1-10-3-2-6-17(8-10)14(18)9-21-13-5-4-11(16)7-12(13)15(19)20/h4-5,7,10H,2-3,6,8-9H2,1H3,(H,19,20)/t10-/m1/s1. The summed E-state index contributed by atoms with van der Waals surface area (Å²) >= 11 is 5.77. The van der Waals surface area contributed by atoms with E-state index in [-0.39, 0.29) is 23.8 Å². The summed E-state index contributed by atoms with van der Waals surface area (Å²) in [4.78, 5) is 25.0. The first-order valence-electron chi connectivity index (χ1n) is 6.91. The van der Waals surface area contributed by atoms with Crippen molar-refractivity contribution in [1.82, 2.24) is 4.90 Å². The Morgan fingerprint density at radius 2 is 2.24 bits per heavy atom. The van der Waals surface area contributed by atoms with E-state index in [0.29, 0.717) is 10.9 Å². The number of amides is 1. The van der Waals surface area contributed by atoms with Crippen LogP contribution in [0.2, 0.25) is 5.02 Å². The average molecular weight is 312 g/mol. The maximum absolute atomic E-state index is 12.1. The van der Waals surface area contributed by atoms with Gasteiger partial charge in [-0.2, -0.15) is 0 Å². The van der Waals surface area contributed by atoms with Crippen molar-refractivity contribution in [3.05, 3.63) is 28.8 Å². The van der Waals surface area contributed by atoms with Crippen LogP contribution in [0, 0.1) is 5.92 Å². The molecule has 1 heterocycles. The van der Waals surface area contributed by atoms with Crippen LogP contribution in [0.25, 0.3) is 0 Å². The largest absolute Gasteiger partial charge is 0.483 e. The lowest BCUT2D eigenvalue weighted by atomic mass is 10.0. The minimum absolute atomic E-state index is 0.0395. The van der Waals surface area contributed by atoms with Gasteiger partial charge in [-0.1, -0.05) is 18.5 Å². The lowest BCUT2D eigenvalue weighted by Crippen LogP contribution is -2.41. The van der Waals surface area contributed by atoms with E-state index >= 15 is 0 Å². The van der Waals surface area contributed by atoms with Crippen molar-refractivity contribution in [1.29, 1.82) is 0 Å². The molecule has 1 aromatic rings. The van der Waals surface area contributed by atoms with Gasteiger partial charge in [-0.05, 0) is 37.0 Å². The predicted octanol–water partition coefficient (Wildman–Crippen LogP) is 2.68. The van der Waals surface area contributed by atoms with E-state index in [1.54, 1.807) is 4.90 Å². The van der Waals surface area contributed by atoms with Crippen LogP contribution in [0.15, 0.2) is 18.2 Å². The Morgan fingerprint density at radius 1 is 1.48 bits per heavy atom. The average Bonchev–Trinajstić information content (AvgIpc) is 2.45. The smallest absolute Gasteiger partial charge is 0.339 e. The van der Waals surface area contributed by atoms with Crippen molar-refractivity contribution in [3.63, 3.8) is 0 Å². The molecule has 1 saturated heterocycles. The molecule has 1 aromatic carbocycles. The Labute approximate surface area is 128 Å². The lowest BCUT2D eigenvalue weighted by Gasteiger charge is -2.30. The zero-order valence-corrected chi connectivity index (χ0v) is 12.6. The first-order chi connectivity index (χ1) is 9.97. The van der Waals surface area contributed by atoms with E-state index in [4.69, 9.17) is 21.4 Å². The van der Waals surface area contributed by atoms with E-state index in [9.17, 15) is 9.59 Å². The number of nitrogens with zero attached hydrogens (tertiary/aromatic N) is 1. The summed E-state index contributed by atoms with van der Waals surface area (Å²) in [6.45, 7) is 3.42. The molecule has 1 aliphatic rings. The number of aromatic carboxylic acids is 1. The lowest BCUT2D eigenvalue weighted by molar-refractivity contribution is -0.135. The maximum atomic E-state index is 12.1. The molecule has 0 aromatic heterocycles. The van der Waals surface area contributed by atoms with Gasteiger partial charge in [-0.3, -0.25) is 4.79 Å². The quantitative estimate of drug-likeness (QED) is 0.928. The SMILES string of the molecule is C[C@@H]1CCCN(C(=O)COc2ccc(Cl)cc2C(=O)O)C1. The summed E-state index contributed by atoms with van der Waals surface area (Å²) in [6.07, 6.45) is 2.12. The molecule has 21 heavy (non-hydrogen) atoms. The second-order valence-corrected chi connectivity index (χ2v) is 5.76. The van der Waals surface area contributed by atoms with Crippen LogP contribution in [0.4, 0.5) is 0 Å². The number of ether oxygens (including phenoxy) is 1. The highest BCUT2D eigenvalue weighted by molar-refractivity contribution is 6.31. The zero-order chi connectivity index (χ0) is 15.4. The molecule has 0 spiro atoms. The van der Waals surface area contributed by atoms with E-state index < -0.39 is 5.97 Å². The van der Waals surface area contributed by atoms with Crippen molar-refractivity contribution in [2.75, 3.05) is 19.7 Å². The van der Waals surface area contributed by atoms with Crippen molar-refractivity contribution < 1.29 is 19.4 Å². The number of carboxylic acid groups (broad SMARTS) is 1. The van der Waals surface area contributed by atoms with Gasteiger partial charge in [0, 0.05) is 18.1 Å². The van der Waals surface area contributed by atoms with Gasteiger partial charge in [0.25, 0.3) is 5.91 Å². The van der Waals surface area contributed by atoms with E-state index in [0.717, 1.165) is 25.9 Å². The van der Waals surface area contributed by atoms with Crippen LogP contribution in [-0.4, -0.2) is 41.6 Å². The fraction of sp³-hybridized carbons (Fsp3) is 0.467. The number of piperidine rings is 1. The van der Waals surface area contributed by atoms with Gasteiger partial charge >= 0.3 is 5.97 Å². The first-order valence-corrected chi connectivity index (χ1v) is 7.28. The van der Waals surface area contributed by atoms with Crippen LogP contribution in [0.5, 0.6) is 5.75 Å². The monoisotopic (exact) mass is 311 g/mol. The Balaban J connectivity index is 1.99. The van der Waals surface area contributed by atoms with Crippen LogP contribution in [0.1, 0.15) is 30.1 Å². The normalized spacial score (nSPS) is 18.4. The minimum Gasteiger partial charge on any atom is -0.483 e. The molecule has 1 fully saturated rings.